The highest BCUT2D eigenvalue weighted by atomic mass is 16.6. The summed E-state index contributed by atoms with van der Waals surface area (Å²) in [4.78, 5) is 38.1. The summed E-state index contributed by atoms with van der Waals surface area (Å²) in [5, 5.41) is 0. The molecule has 0 heterocycles. The van der Waals surface area contributed by atoms with Gasteiger partial charge in [0.15, 0.2) is 6.10 Å². The first-order valence-electron chi connectivity index (χ1n) is 27.9. The van der Waals surface area contributed by atoms with Crippen LogP contribution in [0.3, 0.4) is 0 Å². The molecule has 1 atom stereocenters. The second-order valence-corrected chi connectivity index (χ2v) is 18.1. The van der Waals surface area contributed by atoms with Crippen LogP contribution in [0.5, 0.6) is 0 Å². The molecule has 0 unspecified atom stereocenters. The first-order chi connectivity index (χ1) is 33.5. The van der Waals surface area contributed by atoms with Crippen LogP contribution in [0.1, 0.15) is 245 Å². The number of unbranched alkanes of at least 4 members (excludes halogenated alkanes) is 20. The number of carbonyl (C=O) groups is 3. The maximum atomic E-state index is 12.8. The molecule has 0 aliphatic rings. The average molecular weight is 943 g/mol. The van der Waals surface area contributed by atoms with Gasteiger partial charge in [-0.2, -0.15) is 0 Å². The minimum atomic E-state index is -0.818. The Hall–Kier alpha value is -3.93. The zero-order valence-corrected chi connectivity index (χ0v) is 44.1. The van der Waals surface area contributed by atoms with Crippen LogP contribution in [0, 0.1) is 0 Å². The van der Waals surface area contributed by atoms with Crippen LogP contribution in [0.4, 0.5) is 0 Å². The van der Waals surface area contributed by atoms with E-state index in [9.17, 15) is 14.4 Å². The van der Waals surface area contributed by atoms with E-state index in [1.807, 2.05) is 6.08 Å². The van der Waals surface area contributed by atoms with Crippen LogP contribution in [0.25, 0.3) is 0 Å². The Morgan fingerprint density at radius 3 is 1.03 bits per heavy atom. The van der Waals surface area contributed by atoms with E-state index in [0.29, 0.717) is 19.3 Å². The normalized spacial score (nSPS) is 12.9. The number of rotatable bonds is 49. The molecule has 0 bridgehead atoms. The molecule has 6 nitrogen and oxygen atoms in total. The summed E-state index contributed by atoms with van der Waals surface area (Å²) in [6.07, 6.45) is 75.1. The fraction of sp³-hybridized carbons (Fsp3) is 0.661. The average Bonchev–Trinajstić information content (AvgIpc) is 3.34. The molecule has 386 valence electrons. The van der Waals surface area contributed by atoms with Gasteiger partial charge in [-0.1, -0.05) is 220 Å². The van der Waals surface area contributed by atoms with Gasteiger partial charge in [0.1, 0.15) is 13.2 Å². The van der Waals surface area contributed by atoms with Crippen LogP contribution < -0.4 is 0 Å². The monoisotopic (exact) mass is 943 g/mol. The van der Waals surface area contributed by atoms with Gasteiger partial charge >= 0.3 is 17.9 Å². The van der Waals surface area contributed by atoms with Crippen molar-refractivity contribution in [1.82, 2.24) is 0 Å². The maximum Gasteiger partial charge on any atom is 0.306 e. The molecule has 0 N–H and O–H groups in total. The van der Waals surface area contributed by atoms with Crippen LogP contribution in [0.2, 0.25) is 0 Å². The van der Waals surface area contributed by atoms with Gasteiger partial charge in [-0.3, -0.25) is 14.4 Å². The van der Waals surface area contributed by atoms with E-state index >= 15 is 0 Å². The Bertz CT molecular complexity index is 1410. The highest BCUT2D eigenvalue weighted by Crippen LogP contribution is 2.13. The van der Waals surface area contributed by atoms with Gasteiger partial charge in [-0.15, -0.1) is 0 Å². The van der Waals surface area contributed by atoms with Gasteiger partial charge in [0.2, 0.25) is 0 Å². The van der Waals surface area contributed by atoms with E-state index in [1.54, 1.807) is 0 Å². The van der Waals surface area contributed by atoms with Crippen LogP contribution in [0.15, 0.2) is 109 Å². The van der Waals surface area contributed by atoms with Crippen LogP contribution >= 0.6 is 0 Å². The molecule has 0 spiro atoms. The first kappa shape index (κ1) is 64.1. The Kier molecular flexibility index (Phi) is 52.4. The summed E-state index contributed by atoms with van der Waals surface area (Å²) < 4.78 is 16.8. The van der Waals surface area contributed by atoms with Crippen molar-refractivity contribution in [3.63, 3.8) is 0 Å². The fourth-order valence-electron chi connectivity index (χ4n) is 7.32. The van der Waals surface area contributed by atoms with E-state index in [-0.39, 0.29) is 37.5 Å². The highest BCUT2D eigenvalue weighted by Gasteiger charge is 2.19. The van der Waals surface area contributed by atoms with Crippen molar-refractivity contribution in [3.05, 3.63) is 109 Å². The smallest absolute Gasteiger partial charge is 0.306 e. The van der Waals surface area contributed by atoms with Gasteiger partial charge in [-0.05, 0) is 116 Å². The summed E-state index contributed by atoms with van der Waals surface area (Å²) in [6.45, 7) is 6.41. The fourth-order valence-corrected chi connectivity index (χ4v) is 7.32. The summed E-state index contributed by atoms with van der Waals surface area (Å²) in [6, 6.07) is 0. The topological polar surface area (TPSA) is 78.9 Å². The lowest BCUT2D eigenvalue weighted by Crippen LogP contribution is -2.30. The molecule has 0 radical (unpaired) electrons. The molecule has 0 saturated carbocycles. The van der Waals surface area contributed by atoms with E-state index in [2.05, 4.69) is 124 Å². The Morgan fingerprint density at radius 1 is 0.309 bits per heavy atom. The third-order valence-corrected chi connectivity index (χ3v) is 11.5. The lowest BCUT2D eigenvalue weighted by molar-refractivity contribution is -0.166. The van der Waals surface area contributed by atoms with Crippen molar-refractivity contribution in [2.75, 3.05) is 13.2 Å². The number of ether oxygens (including phenoxy) is 3. The molecular weight excluding hydrogens is 841 g/mol. The van der Waals surface area contributed by atoms with Crippen molar-refractivity contribution in [2.45, 2.75) is 252 Å². The largest absolute Gasteiger partial charge is 0.462 e. The molecule has 0 aromatic carbocycles. The standard InChI is InChI=1S/C62H102O6/c1-4-7-10-13-16-19-22-25-28-30-31-33-34-37-40-43-46-49-52-55-61(64)67-58-59(57-66-60(63)54-51-48-45-42-39-36-27-24-21-18-15-12-9-6-3)68-62(65)56-53-50-47-44-41-38-35-32-29-26-23-20-17-14-11-8-5-2/h7,10,16-17,19-20,24-29,31,33,37,40,46,49,59H,4-6,8-9,11-15,18,21-23,30,32,34-36,38-39,41-45,47-48,50-58H2,1-3H3/b10-7-,19-16-,20-17-,27-24-,28-25-,29-26-,33-31-,40-37-,49-46-/t59-/m1/s1. The lowest BCUT2D eigenvalue weighted by Gasteiger charge is -2.18. The molecule has 0 aromatic rings. The molecule has 6 heteroatoms. The van der Waals surface area contributed by atoms with E-state index in [0.717, 1.165) is 103 Å². The second-order valence-electron chi connectivity index (χ2n) is 18.1. The Labute approximate surface area is 419 Å². The van der Waals surface area contributed by atoms with Crippen molar-refractivity contribution in [2.24, 2.45) is 0 Å². The second kappa shape index (κ2) is 55.7. The SMILES string of the molecule is CC/C=C\C/C=C\C/C=C\C/C=C\C/C=C\C/C=C\CCC(=O)OC[C@@H](COC(=O)CCCCCCC/C=C\CCCCCCC)OC(=O)CCCCCCCCC/C=C\C/C=C\CCCCC. The summed E-state index contributed by atoms with van der Waals surface area (Å²) in [7, 11) is 0. The summed E-state index contributed by atoms with van der Waals surface area (Å²) in [5.41, 5.74) is 0. The molecule has 0 aliphatic heterocycles. The van der Waals surface area contributed by atoms with Gasteiger partial charge in [-0.25, -0.2) is 0 Å². The number of esters is 3. The van der Waals surface area contributed by atoms with Crippen molar-refractivity contribution in [1.29, 1.82) is 0 Å². The molecule has 68 heavy (non-hydrogen) atoms. The number of hydrogen-bond donors (Lipinski definition) is 0. The van der Waals surface area contributed by atoms with Crippen molar-refractivity contribution in [3.8, 4) is 0 Å². The van der Waals surface area contributed by atoms with Crippen molar-refractivity contribution < 1.29 is 28.6 Å². The molecule has 0 rings (SSSR count). The van der Waals surface area contributed by atoms with Crippen molar-refractivity contribution >= 4 is 17.9 Å². The third kappa shape index (κ3) is 53.0. The van der Waals surface area contributed by atoms with E-state index in [1.165, 1.54) is 96.3 Å². The predicted octanol–water partition coefficient (Wildman–Crippen LogP) is 18.7. The number of hydrogen-bond acceptors (Lipinski definition) is 6. The lowest BCUT2D eigenvalue weighted by atomic mass is 10.1. The third-order valence-electron chi connectivity index (χ3n) is 11.5. The molecule has 0 fully saturated rings. The van der Waals surface area contributed by atoms with Gasteiger partial charge < -0.3 is 14.2 Å². The quantitative estimate of drug-likeness (QED) is 0.0262. The predicted molar refractivity (Wildman–Crippen MR) is 293 cm³/mol. The van der Waals surface area contributed by atoms with Gasteiger partial charge in [0, 0.05) is 19.3 Å². The molecular formula is C62H102O6. The van der Waals surface area contributed by atoms with Crippen LogP contribution in [-0.4, -0.2) is 37.2 Å². The number of carbonyl (C=O) groups excluding carboxylic acids is 3. The zero-order valence-electron chi connectivity index (χ0n) is 44.1. The van der Waals surface area contributed by atoms with Crippen LogP contribution in [-0.2, 0) is 28.6 Å². The molecule has 0 saturated heterocycles. The summed E-state index contributed by atoms with van der Waals surface area (Å²) >= 11 is 0. The minimum absolute atomic E-state index is 0.110. The Morgan fingerprint density at radius 2 is 0.603 bits per heavy atom. The van der Waals surface area contributed by atoms with E-state index < -0.39 is 6.10 Å². The molecule has 0 aromatic heterocycles. The van der Waals surface area contributed by atoms with Gasteiger partial charge in [0.25, 0.3) is 0 Å². The summed E-state index contributed by atoms with van der Waals surface area (Å²) in [5.74, 6) is -1.01. The Balaban J connectivity index is 4.53. The minimum Gasteiger partial charge on any atom is -0.462 e. The first-order valence-corrected chi connectivity index (χ1v) is 27.9. The molecule has 0 aliphatic carbocycles. The van der Waals surface area contributed by atoms with E-state index in [4.69, 9.17) is 14.2 Å². The maximum absolute atomic E-state index is 12.8. The number of allylic oxidation sites excluding steroid dienone is 18. The highest BCUT2D eigenvalue weighted by molar-refractivity contribution is 5.71. The zero-order chi connectivity index (χ0) is 49.3. The van der Waals surface area contributed by atoms with Gasteiger partial charge in [0.05, 0.1) is 0 Å². The molecule has 0 amide bonds.